The maximum Gasteiger partial charge on any atom is 0.317 e. The third-order valence-electron chi connectivity index (χ3n) is 3.84. The van der Waals surface area contributed by atoms with Crippen molar-refractivity contribution < 1.29 is 4.79 Å². The van der Waals surface area contributed by atoms with Gasteiger partial charge in [-0.2, -0.15) is 0 Å². The van der Waals surface area contributed by atoms with Crippen molar-refractivity contribution in [2.24, 2.45) is 0 Å². The molecule has 2 amide bonds. The molecule has 0 spiro atoms. The van der Waals surface area contributed by atoms with Crippen LogP contribution in [0.4, 0.5) is 9.93 Å². The fourth-order valence-electron chi connectivity index (χ4n) is 2.59. The molecule has 1 aromatic carbocycles. The van der Waals surface area contributed by atoms with Crippen LogP contribution in [0.3, 0.4) is 0 Å². The topological polar surface area (TPSA) is 48.5 Å². The standard InChI is InChI=1S/C16H19ClN4OS/c17-14-3-1-2-13(12-14)4-5-18-15(22)20-7-9-21(10-8-20)16-19-6-11-23-16/h1-3,6,11-12H,4-5,7-10H2,(H,18,22). The molecule has 23 heavy (non-hydrogen) atoms. The lowest BCUT2D eigenvalue weighted by molar-refractivity contribution is 0.194. The van der Waals surface area contributed by atoms with Gasteiger partial charge in [0.05, 0.1) is 0 Å². The zero-order chi connectivity index (χ0) is 16.1. The molecule has 0 bridgehead atoms. The number of piperazine rings is 1. The number of anilines is 1. The van der Waals surface area contributed by atoms with Gasteiger partial charge >= 0.3 is 6.03 Å². The molecular weight excluding hydrogens is 332 g/mol. The number of aromatic nitrogens is 1. The Morgan fingerprint density at radius 3 is 2.83 bits per heavy atom. The van der Waals surface area contributed by atoms with E-state index in [9.17, 15) is 4.79 Å². The van der Waals surface area contributed by atoms with Crippen molar-refractivity contribution in [2.45, 2.75) is 6.42 Å². The van der Waals surface area contributed by atoms with Crippen molar-refractivity contribution in [3.63, 3.8) is 0 Å². The fourth-order valence-corrected chi connectivity index (χ4v) is 3.50. The van der Waals surface area contributed by atoms with Crippen molar-refractivity contribution in [3.8, 4) is 0 Å². The fraction of sp³-hybridized carbons (Fsp3) is 0.375. The van der Waals surface area contributed by atoms with Crippen LogP contribution in [-0.2, 0) is 6.42 Å². The average molecular weight is 351 g/mol. The molecule has 1 aliphatic heterocycles. The van der Waals surface area contributed by atoms with E-state index in [2.05, 4.69) is 15.2 Å². The van der Waals surface area contributed by atoms with Crippen LogP contribution in [0.15, 0.2) is 35.8 Å². The van der Waals surface area contributed by atoms with Crippen LogP contribution in [0.5, 0.6) is 0 Å². The molecule has 1 saturated heterocycles. The van der Waals surface area contributed by atoms with Crippen LogP contribution in [-0.4, -0.2) is 48.6 Å². The summed E-state index contributed by atoms with van der Waals surface area (Å²) < 4.78 is 0. The third-order valence-corrected chi connectivity index (χ3v) is 4.90. The minimum Gasteiger partial charge on any atom is -0.345 e. The predicted molar refractivity (Wildman–Crippen MR) is 94.5 cm³/mol. The van der Waals surface area contributed by atoms with Gasteiger partial charge in [-0.1, -0.05) is 23.7 Å². The summed E-state index contributed by atoms with van der Waals surface area (Å²) in [5, 5.41) is 6.72. The first-order valence-electron chi connectivity index (χ1n) is 7.64. The third kappa shape index (κ3) is 4.36. The minimum absolute atomic E-state index is 0.00539. The Bertz CT molecular complexity index is 641. The van der Waals surface area contributed by atoms with Crippen molar-refractivity contribution in [3.05, 3.63) is 46.4 Å². The second-order valence-electron chi connectivity index (χ2n) is 5.40. The molecule has 5 nitrogen and oxygen atoms in total. The molecular formula is C16H19ClN4OS. The largest absolute Gasteiger partial charge is 0.345 e. The summed E-state index contributed by atoms with van der Waals surface area (Å²) in [6.45, 7) is 3.72. The van der Waals surface area contributed by atoms with Crippen LogP contribution in [0, 0.1) is 0 Å². The first-order chi connectivity index (χ1) is 11.2. The number of rotatable bonds is 4. The molecule has 1 N–H and O–H groups in total. The Morgan fingerprint density at radius 1 is 1.30 bits per heavy atom. The highest BCUT2D eigenvalue weighted by molar-refractivity contribution is 7.13. The molecule has 1 fully saturated rings. The lowest BCUT2D eigenvalue weighted by atomic mass is 10.1. The minimum atomic E-state index is 0.00539. The monoisotopic (exact) mass is 350 g/mol. The second-order valence-corrected chi connectivity index (χ2v) is 6.71. The van der Waals surface area contributed by atoms with Gasteiger partial charge in [0, 0.05) is 49.3 Å². The number of benzene rings is 1. The van der Waals surface area contributed by atoms with Crippen molar-refractivity contribution >= 4 is 34.1 Å². The maximum absolute atomic E-state index is 12.2. The Morgan fingerprint density at radius 2 is 2.13 bits per heavy atom. The Kier molecular flexibility index (Phi) is 5.35. The zero-order valence-corrected chi connectivity index (χ0v) is 14.3. The molecule has 0 saturated carbocycles. The van der Waals surface area contributed by atoms with E-state index in [-0.39, 0.29) is 6.03 Å². The number of urea groups is 1. The summed E-state index contributed by atoms with van der Waals surface area (Å²) in [5.41, 5.74) is 1.13. The molecule has 0 radical (unpaired) electrons. The van der Waals surface area contributed by atoms with Crippen LogP contribution < -0.4 is 10.2 Å². The molecule has 7 heteroatoms. The molecule has 1 aromatic heterocycles. The van der Waals surface area contributed by atoms with Crippen LogP contribution >= 0.6 is 22.9 Å². The van der Waals surface area contributed by atoms with Crippen molar-refractivity contribution in [1.29, 1.82) is 0 Å². The van der Waals surface area contributed by atoms with E-state index in [1.807, 2.05) is 40.7 Å². The lowest BCUT2D eigenvalue weighted by Crippen LogP contribution is -2.52. The molecule has 0 aliphatic carbocycles. The van der Waals surface area contributed by atoms with Gasteiger partial charge in [-0.05, 0) is 24.1 Å². The highest BCUT2D eigenvalue weighted by atomic mass is 35.5. The summed E-state index contributed by atoms with van der Waals surface area (Å²) >= 11 is 7.60. The van der Waals surface area contributed by atoms with E-state index >= 15 is 0 Å². The number of carbonyl (C=O) groups excluding carboxylic acids is 1. The number of nitrogens with one attached hydrogen (secondary N) is 1. The van der Waals surface area contributed by atoms with Gasteiger partial charge in [0.25, 0.3) is 0 Å². The number of nitrogens with zero attached hydrogens (tertiary/aromatic N) is 3. The Hall–Kier alpha value is -1.79. The summed E-state index contributed by atoms with van der Waals surface area (Å²) in [4.78, 5) is 20.6. The average Bonchev–Trinajstić information content (AvgIpc) is 3.09. The highest BCUT2D eigenvalue weighted by Crippen LogP contribution is 2.18. The van der Waals surface area contributed by atoms with Crippen molar-refractivity contribution in [2.75, 3.05) is 37.6 Å². The van der Waals surface area contributed by atoms with Crippen LogP contribution in [0.2, 0.25) is 5.02 Å². The number of amides is 2. The second kappa shape index (κ2) is 7.66. The summed E-state index contributed by atoms with van der Waals surface area (Å²) in [6.07, 6.45) is 2.60. The van der Waals surface area contributed by atoms with Gasteiger partial charge in [0.2, 0.25) is 0 Å². The van der Waals surface area contributed by atoms with Crippen LogP contribution in [0.25, 0.3) is 0 Å². The van der Waals surface area contributed by atoms with E-state index < -0.39 is 0 Å². The number of hydrogen-bond donors (Lipinski definition) is 1. The van der Waals surface area contributed by atoms with Gasteiger partial charge in [0.1, 0.15) is 0 Å². The van der Waals surface area contributed by atoms with Gasteiger partial charge in [0.15, 0.2) is 5.13 Å². The lowest BCUT2D eigenvalue weighted by Gasteiger charge is -2.34. The number of thiazole rings is 1. The molecule has 2 heterocycles. The Balaban J connectivity index is 1.41. The predicted octanol–water partition coefficient (Wildman–Crippen LogP) is 2.87. The molecule has 122 valence electrons. The molecule has 1 aliphatic rings. The van der Waals surface area contributed by atoms with Crippen LogP contribution in [0.1, 0.15) is 5.56 Å². The maximum atomic E-state index is 12.2. The molecule has 3 rings (SSSR count). The Labute approximate surface area is 144 Å². The first kappa shape index (κ1) is 16.1. The van der Waals surface area contributed by atoms with E-state index in [1.165, 1.54) is 0 Å². The summed E-state index contributed by atoms with van der Waals surface area (Å²) in [6, 6.07) is 7.74. The van der Waals surface area contributed by atoms with E-state index in [4.69, 9.17) is 11.6 Å². The molecule has 0 unspecified atom stereocenters. The molecule has 0 atom stereocenters. The summed E-state index contributed by atoms with van der Waals surface area (Å²) in [5.74, 6) is 0. The highest BCUT2D eigenvalue weighted by Gasteiger charge is 2.21. The zero-order valence-electron chi connectivity index (χ0n) is 12.7. The number of halogens is 1. The van der Waals surface area contributed by atoms with E-state index in [0.29, 0.717) is 6.54 Å². The smallest absolute Gasteiger partial charge is 0.317 e. The van der Waals surface area contributed by atoms with Gasteiger partial charge < -0.3 is 15.1 Å². The SMILES string of the molecule is O=C(NCCc1cccc(Cl)c1)N1CCN(c2nccs2)CC1. The van der Waals surface area contributed by atoms with Gasteiger partial charge in [-0.15, -0.1) is 11.3 Å². The van der Waals surface area contributed by atoms with E-state index in [0.717, 1.165) is 48.3 Å². The van der Waals surface area contributed by atoms with Crippen molar-refractivity contribution in [1.82, 2.24) is 15.2 Å². The molecule has 2 aromatic rings. The summed E-state index contributed by atoms with van der Waals surface area (Å²) in [7, 11) is 0. The van der Waals surface area contributed by atoms with Gasteiger partial charge in [-0.3, -0.25) is 0 Å². The van der Waals surface area contributed by atoms with E-state index in [1.54, 1.807) is 11.3 Å². The normalized spacial score (nSPS) is 14.8. The number of hydrogen-bond acceptors (Lipinski definition) is 4. The first-order valence-corrected chi connectivity index (χ1v) is 8.90. The number of carbonyl (C=O) groups is 1. The quantitative estimate of drug-likeness (QED) is 0.922. The van der Waals surface area contributed by atoms with Gasteiger partial charge in [-0.25, -0.2) is 9.78 Å².